The van der Waals surface area contributed by atoms with E-state index in [0.29, 0.717) is 11.2 Å². The summed E-state index contributed by atoms with van der Waals surface area (Å²) >= 11 is 11.4. The van der Waals surface area contributed by atoms with E-state index < -0.39 is 0 Å². The molecule has 1 aliphatic rings. The maximum Gasteiger partial charge on any atom is 0.170 e. The van der Waals surface area contributed by atoms with Crippen molar-refractivity contribution in [2.24, 2.45) is 5.92 Å². The number of benzene rings is 1. The molecule has 0 spiro atoms. The van der Waals surface area contributed by atoms with Crippen molar-refractivity contribution in [2.45, 2.75) is 39.2 Å². The van der Waals surface area contributed by atoms with Crippen molar-refractivity contribution < 1.29 is 0 Å². The maximum atomic E-state index is 6.08. The molecular formula is C14H19ClN2S. The Morgan fingerprint density at radius 3 is 2.78 bits per heavy atom. The molecule has 0 bridgehead atoms. The van der Waals surface area contributed by atoms with Gasteiger partial charge < -0.3 is 10.6 Å². The third-order valence-corrected chi connectivity index (χ3v) is 4.09. The molecule has 1 aromatic rings. The van der Waals surface area contributed by atoms with E-state index in [1.165, 1.54) is 19.3 Å². The van der Waals surface area contributed by atoms with E-state index in [9.17, 15) is 0 Å². The van der Waals surface area contributed by atoms with Gasteiger partial charge in [-0.25, -0.2) is 0 Å². The van der Waals surface area contributed by atoms with Gasteiger partial charge in [-0.2, -0.15) is 0 Å². The summed E-state index contributed by atoms with van der Waals surface area (Å²) in [7, 11) is 0. The lowest BCUT2D eigenvalue weighted by Crippen LogP contribution is -2.36. The molecule has 18 heavy (non-hydrogen) atoms. The van der Waals surface area contributed by atoms with Crippen molar-refractivity contribution in [1.29, 1.82) is 0 Å². The number of halogens is 1. The molecule has 1 saturated carbocycles. The Bertz CT molecular complexity index is 447. The van der Waals surface area contributed by atoms with E-state index in [1.54, 1.807) is 0 Å². The molecule has 0 heterocycles. The molecule has 0 saturated heterocycles. The zero-order chi connectivity index (χ0) is 13.1. The van der Waals surface area contributed by atoms with E-state index in [-0.39, 0.29) is 0 Å². The Kier molecular flexibility index (Phi) is 4.46. The van der Waals surface area contributed by atoms with Crippen molar-refractivity contribution in [3.63, 3.8) is 0 Å². The van der Waals surface area contributed by atoms with Crippen LogP contribution in [0.3, 0.4) is 0 Å². The normalized spacial score (nSPS) is 22.8. The Balaban J connectivity index is 1.89. The second-order valence-corrected chi connectivity index (χ2v) is 5.99. The number of hydrogen-bond donors (Lipinski definition) is 2. The van der Waals surface area contributed by atoms with Gasteiger partial charge in [0.05, 0.1) is 0 Å². The van der Waals surface area contributed by atoms with E-state index in [4.69, 9.17) is 23.8 Å². The summed E-state index contributed by atoms with van der Waals surface area (Å²) < 4.78 is 0. The zero-order valence-corrected chi connectivity index (χ0v) is 12.4. The summed E-state index contributed by atoms with van der Waals surface area (Å²) in [6, 6.07) is 6.40. The van der Waals surface area contributed by atoms with E-state index in [1.807, 2.05) is 25.1 Å². The van der Waals surface area contributed by atoms with Gasteiger partial charge in [-0.3, -0.25) is 0 Å². The summed E-state index contributed by atoms with van der Waals surface area (Å²) in [4.78, 5) is 0. The quantitative estimate of drug-likeness (QED) is 0.798. The molecule has 4 heteroatoms. The fourth-order valence-electron chi connectivity index (χ4n) is 2.36. The summed E-state index contributed by atoms with van der Waals surface area (Å²) in [6.07, 6.45) is 3.70. The second-order valence-electron chi connectivity index (χ2n) is 5.18. The summed E-state index contributed by atoms with van der Waals surface area (Å²) in [5.41, 5.74) is 2.01. The zero-order valence-electron chi connectivity index (χ0n) is 10.8. The lowest BCUT2D eigenvalue weighted by Gasteiger charge is -2.16. The standard InChI is InChI=1S/C14H19ClN2S/c1-9-3-5-11(7-9)16-14(18)17-12-6-4-10(2)13(15)8-12/h4,6,8-9,11H,3,5,7H2,1-2H3,(H2,16,17,18). The van der Waals surface area contributed by atoms with Crippen LogP contribution in [0.2, 0.25) is 5.02 Å². The molecule has 1 aliphatic carbocycles. The van der Waals surface area contributed by atoms with Crippen LogP contribution < -0.4 is 10.6 Å². The average Bonchev–Trinajstić information content (AvgIpc) is 2.69. The van der Waals surface area contributed by atoms with Crippen molar-refractivity contribution in [3.8, 4) is 0 Å². The SMILES string of the molecule is Cc1ccc(NC(=S)NC2CCC(C)C2)cc1Cl. The number of thiocarbonyl (C=S) groups is 1. The van der Waals surface area contributed by atoms with Gasteiger partial charge >= 0.3 is 0 Å². The van der Waals surface area contributed by atoms with Crippen molar-refractivity contribution in [2.75, 3.05) is 5.32 Å². The first-order chi connectivity index (χ1) is 8.54. The van der Waals surface area contributed by atoms with Gasteiger partial charge in [0.25, 0.3) is 0 Å². The van der Waals surface area contributed by atoms with Crippen LogP contribution in [0, 0.1) is 12.8 Å². The van der Waals surface area contributed by atoms with Crippen LogP contribution in [0.4, 0.5) is 5.69 Å². The van der Waals surface area contributed by atoms with Gasteiger partial charge in [-0.15, -0.1) is 0 Å². The predicted octanol–water partition coefficient (Wildman–Crippen LogP) is 4.12. The number of nitrogens with one attached hydrogen (secondary N) is 2. The van der Waals surface area contributed by atoms with E-state index in [2.05, 4.69) is 17.6 Å². The Morgan fingerprint density at radius 2 is 2.17 bits per heavy atom. The molecule has 2 rings (SSSR count). The molecule has 2 unspecified atom stereocenters. The molecule has 2 atom stereocenters. The molecule has 0 amide bonds. The Labute approximate surface area is 119 Å². The minimum absolute atomic E-state index is 0.515. The van der Waals surface area contributed by atoms with Crippen LogP contribution in [0.1, 0.15) is 31.7 Å². The van der Waals surface area contributed by atoms with Crippen molar-refractivity contribution in [1.82, 2.24) is 5.32 Å². The Morgan fingerprint density at radius 1 is 1.39 bits per heavy atom. The van der Waals surface area contributed by atoms with E-state index in [0.717, 1.165) is 22.2 Å². The minimum atomic E-state index is 0.515. The number of rotatable bonds is 2. The maximum absolute atomic E-state index is 6.08. The van der Waals surface area contributed by atoms with Gasteiger partial charge in [0.15, 0.2) is 5.11 Å². The molecule has 2 N–H and O–H groups in total. The summed E-state index contributed by atoms with van der Waals surface area (Å²) in [5, 5.41) is 8.01. The minimum Gasteiger partial charge on any atom is -0.360 e. The highest BCUT2D eigenvalue weighted by molar-refractivity contribution is 7.80. The molecule has 0 aromatic heterocycles. The van der Waals surface area contributed by atoms with Gasteiger partial charge in [0.2, 0.25) is 0 Å². The smallest absolute Gasteiger partial charge is 0.170 e. The highest BCUT2D eigenvalue weighted by Crippen LogP contribution is 2.25. The number of hydrogen-bond acceptors (Lipinski definition) is 1. The first kappa shape index (κ1) is 13.6. The lowest BCUT2D eigenvalue weighted by molar-refractivity contribution is 0.572. The number of anilines is 1. The average molecular weight is 283 g/mol. The third-order valence-electron chi connectivity index (χ3n) is 3.46. The van der Waals surface area contributed by atoms with Crippen LogP contribution in [-0.4, -0.2) is 11.2 Å². The van der Waals surface area contributed by atoms with Crippen LogP contribution in [0.5, 0.6) is 0 Å². The Hall–Kier alpha value is -0.800. The second kappa shape index (κ2) is 5.89. The molecule has 1 aromatic carbocycles. The lowest BCUT2D eigenvalue weighted by atomic mass is 10.1. The van der Waals surface area contributed by atoms with Crippen LogP contribution in [0.25, 0.3) is 0 Å². The predicted molar refractivity (Wildman–Crippen MR) is 82.3 cm³/mol. The first-order valence-electron chi connectivity index (χ1n) is 6.38. The van der Waals surface area contributed by atoms with Crippen molar-refractivity contribution in [3.05, 3.63) is 28.8 Å². The molecule has 0 radical (unpaired) electrons. The van der Waals surface area contributed by atoms with Gasteiger partial charge in [0, 0.05) is 16.8 Å². The van der Waals surface area contributed by atoms with Crippen LogP contribution in [0.15, 0.2) is 18.2 Å². The monoisotopic (exact) mass is 282 g/mol. The third kappa shape index (κ3) is 3.59. The molecule has 0 aliphatic heterocycles. The highest BCUT2D eigenvalue weighted by atomic mass is 35.5. The fourth-order valence-corrected chi connectivity index (χ4v) is 2.83. The van der Waals surface area contributed by atoms with Gasteiger partial charge in [0.1, 0.15) is 0 Å². The topological polar surface area (TPSA) is 24.1 Å². The molecule has 2 nitrogen and oxygen atoms in total. The largest absolute Gasteiger partial charge is 0.360 e. The summed E-state index contributed by atoms with van der Waals surface area (Å²) in [5.74, 6) is 0.805. The molecule has 98 valence electrons. The van der Waals surface area contributed by atoms with Gasteiger partial charge in [-0.1, -0.05) is 24.6 Å². The van der Waals surface area contributed by atoms with Gasteiger partial charge in [-0.05, 0) is 62.0 Å². The first-order valence-corrected chi connectivity index (χ1v) is 7.17. The van der Waals surface area contributed by atoms with E-state index >= 15 is 0 Å². The number of aryl methyl sites for hydroxylation is 1. The molecule has 1 fully saturated rings. The molecular weight excluding hydrogens is 264 g/mol. The van der Waals surface area contributed by atoms with Crippen molar-refractivity contribution >= 4 is 34.6 Å². The highest BCUT2D eigenvalue weighted by Gasteiger charge is 2.21. The van der Waals surface area contributed by atoms with Crippen LogP contribution in [-0.2, 0) is 0 Å². The summed E-state index contributed by atoms with van der Waals surface area (Å²) in [6.45, 7) is 4.28. The fraction of sp³-hybridized carbons (Fsp3) is 0.500. The van der Waals surface area contributed by atoms with Crippen LogP contribution >= 0.6 is 23.8 Å².